The van der Waals surface area contributed by atoms with Crippen molar-refractivity contribution in [1.29, 1.82) is 0 Å². The van der Waals surface area contributed by atoms with E-state index in [-0.39, 0.29) is 35.9 Å². The van der Waals surface area contributed by atoms with Gasteiger partial charge in [-0.2, -0.15) is 0 Å². The van der Waals surface area contributed by atoms with Gasteiger partial charge in [0.05, 0.1) is 25.4 Å². The minimum absolute atomic E-state index is 0.0647. The van der Waals surface area contributed by atoms with Crippen LogP contribution < -0.4 is 10.4 Å². The first-order valence-corrected chi connectivity index (χ1v) is 18.2. The first-order valence-electron chi connectivity index (χ1n) is 16.3. The number of rotatable bonds is 12. The Balaban J connectivity index is 1.52. The number of benzene rings is 4. The molecule has 5 nitrogen and oxygen atoms in total. The first-order chi connectivity index (χ1) is 22.3. The van der Waals surface area contributed by atoms with E-state index in [0.29, 0.717) is 19.6 Å². The molecule has 0 radical (unpaired) electrons. The highest BCUT2D eigenvalue weighted by Gasteiger charge is 2.52. The van der Waals surface area contributed by atoms with Gasteiger partial charge in [-0.05, 0) is 45.8 Å². The molecule has 0 bridgehead atoms. The zero-order chi connectivity index (χ0) is 32.4. The summed E-state index contributed by atoms with van der Waals surface area (Å²) >= 11 is 0. The second-order valence-corrected chi connectivity index (χ2v) is 17.4. The lowest BCUT2D eigenvalue weighted by Gasteiger charge is -2.48. The molecule has 1 fully saturated rings. The molecule has 0 unspecified atom stereocenters. The fraction of sp³-hybridized carbons (Fsp3) is 0.325. The van der Waals surface area contributed by atoms with E-state index in [4.69, 9.17) is 13.9 Å². The molecule has 1 aliphatic heterocycles. The average molecular weight is 634 g/mol. The Hall–Kier alpha value is -3.97. The van der Waals surface area contributed by atoms with Crippen LogP contribution in [-0.2, 0) is 27.1 Å². The summed E-state index contributed by atoms with van der Waals surface area (Å²) in [5, 5.41) is 2.20. The Morgan fingerprint density at radius 3 is 1.78 bits per heavy atom. The third kappa shape index (κ3) is 7.69. The minimum atomic E-state index is -2.88. The summed E-state index contributed by atoms with van der Waals surface area (Å²) in [4.78, 5) is 16.0. The quantitative estimate of drug-likeness (QED) is 0.118. The van der Waals surface area contributed by atoms with Crippen LogP contribution >= 0.6 is 0 Å². The van der Waals surface area contributed by atoms with Crippen LogP contribution in [-0.4, -0.2) is 44.1 Å². The third-order valence-corrected chi connectivity index (χ3v) is 14.0. The molecular weight excluding hydrogens is 587 g/mol. The van der Waals surface area contributed by atoms with E-state index >= 15 is 0 Å². The van der Waals surface area contributed by atoms with Crippen molar-refractivity contribution in [2.45, 2.75) is 76.5 Å². The molecular formula is C40H47NO4Si. The number of nitrogens with zero attached hydrogens (tertiary/aromatic N) is 1. The molecule has 0 aliphatic carbocycles. The smallest absolute Gasteiger partial charge is 0.410 e. The van der Waals surface area contributed by atoms with Crippen LogP contribution in [0.3, 0.4) is 0 Å². The van der Waals surface area contributed by atoms with Crippen LogP contribution in [0.1, 0.15) is 51.2 Å². The zero-order valence-corrected chi connectivity index (χ0v) is 28.4. The van der Waals surface area contributed by atoms with Gasteiger partial charge >= 0.3 is 6.09 Å². The van der Waals surface area contributed by atoms with E-state index in [0.717, 1.165) is 24.0 Å². The standard InChI is InChI=1S/C40H47NO4Si/c1-5-18-34-27-28-38(43-29-32-19-10-6-11-20-32)37(41(34)39(42)44-30-33-21-12-7-13-22-33)31-45-46(40(2,3)4,35-23-14-8-15-24-35)36-25-16-9-17-26-36/h5-17,19-26,34,37-38H,1,18,27-31H2,2-4H3/t34-,37+,38-/m1/s1. The first kappa shape index (κ1) is 33.4. The normalized spacial score (nSPS) is 18.6. The van der Waals surface area contributed by atoms with Crippen LogP contribution in [0.25, 0.3) is 0 Å². The number of likely N-dealkylation sites (tertiary alicyclic amines) is 1. The maximum absolute atomic E-state index is 14.1. The second-order valence-electron chi connectivity index (χ2n) is 13.1. The lowest BCUT2D eigenvalue weighted by atomic mass is 9.91. The van der Waals surface area contributed by atoms with E-state index in [2.05, 4.69) is 100 Å². The number of hydrogen-bond donors (Lipinski definition) is 0. The third-order valence-electron chi connectivity index (χ3n) is 9.01. The van der Waals surface area contributed by atoms with Gasteiger partial charge in [0.25, 0.3) is 8.32 Å². The monoisotopic (exact) mass is 633 g/mol. The Morgan fingerprint density at radius 1 is 0.783 bits per heavy atom. The molecule has 240 valence electrons. The summed E-state index contributed by atoms with van der Waals surface area (Å²) in [5.41, 5.74) is 2.05. The van der Waals surface area contributed by atoms with Crippen LogP contribution in [0.5, 0.6) is 0 Å². The van der Waals surface area contributed by atoms with Crippen molar-refractivity contribution in [2.24, 2.45) is 0 Å². The summed E-state index contributed by atoms with van der Waals surface area (Å²) in [6, 6.07) is 40.9. The molecule has 0 saturated carbocycles. The van der Waals surface area contributed by atoms with Gasteiger partial charge in [-0.25, -0.2) is 4.79 Å². The molecule has 6 heteroatoms. The van der Waals surface area contributed by atoms with Crippen molar-refractivity contribution in [2.75, 3.05) is 6.61 Å². The van der Waals surface area contributed by atoms with Crippen LogP contribution in [0, 0.1) is 0 Å². The van der Waals surface area contributed by atoms with E-state index in [1.54, 1.807) is 0 Å². The number of carbonyl (C=O) groups is 1. The van der Waals surface area contributed by atoms with E-state index in [1.165, 1.54) is 10.4 Å². The Morgan fingerprint density at radius 2 is 1.28 bits per heavy atom. The number of hydrogen-bond acceptors (Lipinski definition) is 4. The van der Waals surface area contributed by atoms with Crippen LogP contribution in [0.2, 0.25) is 5.04 Å². The summed E-state index contributed by atoms with van der Waals surface area (Å²) in [5.74, 6) is 0. The molecule has 3 atom stereocenters. The van der Waals surface area contributed by atoms with Crippen molar-refractivity contribution in [3.05, 3.63) is 145 Å². The van der Waals surface area contributed by atoms with Gasteiger partial charge in [0.15, 0.2) is 0 Å². The number of ether oxygens (including phenoxy) is 2. The van der Waals surface area contributed by atoms with Gasteiger partial charge in [0.1, 0.15) is 6.61 Å². The predicted molar refractivity (Wildman–Crippen MR) is 189 cm³/mol. The lowest BCUT2D eigenvalue weighted by molar-refractivity contribution is -0.0779. The minimum Gasteiger partial charge on any atom is -0.445 e. The molecule has 46 heavy (non-hydrogen) atoms. The van der Waals surface area contributed by atoms with Crippen molar-refractivity contribution in [3.8, 4) is 0 Å². The molecule has 0 N–H and O–H groups in total. The summed E-state index contributed by atoms with van der Waals surface area (Å²) in [6.45, 7) is 11.8. The summed E-state index contributed by atoms with van der Waals surface area (Å²) < 4.78 is 20.1. The van der Waals surface area contributed by atoms with E-state index in [1.807, 2.05) is 59.5 Å². The fourth-order valence-electron chi connectivity index (χ4n) is 6.77. The molecule has 0 aromatic heterocycles. The van der Waals surface area contributed by atoms with Crippen molar-refractivity contribution >= 4 is 24.8 Å². The molecule has 5 rings (SSSR count). The molecule has 4 aromatic carbocycles. The number of carbonyl (C=O) groups excluding carboxylic acids is 1. The van der Waals surface area contributed by atoms with Crippen LogP contribution in [0.15, 0.2) is 134 Å². The van der Waals surface area contributed by atoms with Gasteiger partial charge in [0.2, 0.25) is 0 Å². The average Bonchev–Trinajstić information content (AvgIpc) is 3.08. The summed E-state index contributed by atoms with van der Waals surface area (Å²) in [7, 11) is -2.88. The molecule has 0 spiro atoms. The second kappa shape index (κ2) is 15.5. The van der Waals surface area contributed by atoms with Gasteiger partial charge in [-0.3, -0.25) is 4.90 Å². The van der Waals surface area contributed by atoms with Gasteiger partial charge < -0.3 is 13.9 Å². The largest absolute Gasteiger partial charge is 0.445 e. The lowest BCUT2D eigenvalue weighted by Crippen LogP contribution is -2.68. The Bertz CT molecular complexity index is 1470. The van der Waals surface area contributed by atoms with Crippen molar-refractivity contribution in [3.63, 3.8) is 0 Å². The Kier molecular flexibility index (Phi) is 11.3. The Labute approximate surface area is 276 Å². The molecule has 1 saturated heterocycles. The highest BCUT2D eigenvalue weighted by atomic mass is 28.4. The highest BCUT2D eigenvalue weighted by Crippen LogP contribution is 2.38. The van der Waals surface area contributed by atoms with Gasteiger partial charge in [-0.1, -0.05) is 148 Å². The van der Waals surface area contributed by atoms with E-state index < -0.39 is 8.32 Å². The van der Waals surface area contributed by atoms with Crippen molar-refractivity contribution < 1.29 is 18.7 Å². The van der Waals surface area contributed by atoms with Crippen molar-refractivity contribution in [1.82, 2.24) is 4.90 Å². The predicted octanol–water partition coefficient (Wildman–Crippen LogP) is 7.89. The highest BCUT2D eigenvalue weighted by molar-refractivity contribution is 6.99. The molecule has 1 heterocycles. The van der Waals surface area contributed by atoms with Gasteiger partial charge in [0, 0.05) is 6.04 Å². The molecule has 1 amide bonds. The number of piperidine rings is 1. The summed E-state index contributed by atoms with van der Waals surface area (Å²) in [6.07, 6.45) is 3.59. The zero-order valence-electron chi connectivity index (χ0n) is 27.4. The van der Waals surface area contributed by atoms with E-state index in [9.17, 15) is 4.79 Å². The fourth-order valence-corrected chi connectivity index (χ4v) is 11.3. The maximum Gasteiger partial charge on any atom is 0.410 e. The maximum atomic E-state index is 14.1. The van der Waals surface area contributed by atoms with Crippen LogP contribution in [0.4, 0.5) is 4.79 Å². The molecule has 4 aromatic rings. The molecule has 1 aliphatic rings. The van der Waals surface area contributed by atoms with Gasteiger partial charge in [-0.15, -0.1) is 6.58 Å². The SMILES string of the molecule is C=CC[C@@H]1CC[C@@H](OCc2ccccc2)[C@H](CO[Si](c2ccccc2)(c2ccccc2)C(C)(C)C)N1C(=O)OCc1ccccc1. The number of amides is 1. The topological polar surface area (TPSA) is 48.0 Å².